The first kappa shape index (κ1) is 77.7. The van der Waals surface area contributed by atoms with E-state index in [9.17, 15) is 68.3 Å². The molecule has 0 saturated carbocycles. The minimum absolute atomic E-state index is 0.0142. The van der Waals surface area contributed by atoms with E-state index in [0.717, 1.165) is 77.8 Å². The highest BCUT2D eigenvalue weighted by Crippen LogP contribution is 2.37. The number of ether oxygens (including phenoxy) is 1. The first-order valence-corrected chi connectivity index (χ1v) is 34.2. The van der Waals surface area contributed by atoms with Gasteiger partial charge >= 0.3 is 42.4 Å². The molecule has 0 fully saturated rings. The van der Waals surface area contributed by atoms with Gasteiger partial charge in [-0.25, -0.2) is 33.2 Å². The van der Waals surface area contributed by atoms with Crippen LogP contribution in [0, 0.1) is 0 Å². The number of carboxylic acid groups (broad SMARTS) is 3. The summed E-state index contributed by atoms with van der Waals surface area (Å²) in [6, 6.07) is 29.3. The van der Waals surface area contributed by atoms with Crippen molar-refractivity contribution in [1.29, 1.82) is 0 Å². The van der Waals surface area contributed by atoms with Gasteiger partial charge in [0.2, 0.25) is 0 Å². The van der Waals surface area contributed by atoms with Crippen molar-refractivity contribution in [2.45, 2.75) is 67.2 Å². The van der Waals surface area contributed by atoms with E-state index in [4.69, 9.17) is 43.5 Å². The highest BCUT2D eigenvalue weighted by atomic mass is 32.2. The molecular formula is C66H60F9N7O14S4. The SMILES string of the molecule is NCCSCc1ccco1.O=C(O)c1ccc(-n2ncc(C(=O)CCCSCc3ccco3)c2C(F)(F)F)cc1.O=C(O)c1ccc(-n2ncc(C(=O)O)c2C(F)(F)F)cc1.O=C(OCCSCc1ccco1)c1ccc(-n2ncc(C(=O)CCCSCc3ccco3)c2C(F)(F)F)cc1. The maximum absolute atomic E-state index is 14.0. The first-order chi connectivity index (χ1) is 47.7. The van der Waals surface area contributed by atoms with Crippen LogP contribution in [0.4, 0.5) is 39.5 Å². The van der Waals surface area contributed by atoms with Gasteiger partial charge in [0.25, 0.3) is 0 Å². The fourth-order valence-corrected chi connectivity index (χ4v) is 11.9. The van der Waals surface area contributed by atoms with Crippen LogP contribution in [-0.4, -0.2) is 116 Å². The topological polar surface area (TPSA) is 304 Å². The zero-order valence-electron chi connectivity index (χ0n) is 52.1. The Hall–Kier alpha value is -9.64. The lowest BCUT2D eigenvalue weighted by molar-refractivity contribution is -0.144. The van der Waals surface area contributed by atoms with Crippen molar-refractivity contribution in [3.05, 3.63) is 238 Å². The molecule has 10 rings (SSSR count). The maximum atomic E-state index is 14.0. The molecule has 0 bridgehead atoms. The minimum atomic E-state index is -4.92. The molecule has 34 heteroatoms. The number of carbonyl (C=O) groups is 6. The number of carbonyl (C=O) groups excluding carboxylic acids is 3. The van der Waals surface area contributed by atoms with Gasteiger partial charge in [0.1, 0.15) is 35.2 Å². The number of carboxylic acids is 3. The molecule has 5 N–H and O–H groups in total. The summed E-state index contributed by atoms with van der Waals surface area (Å²) in [6.07, 6.45) is -4.91. The van der Waals surface area contributed by atoms with E-state index >= 15 is 0 Å². The molecule has 7 aromatic heterocycles. The molecule has 10 aromatic rings. The van der Waals surface area contributed by atoms with Crippen LogP contribution in [0.5, 0.6) is 0 Å². The predicted molar refractivity (Wildman–Crippen MR) is 353 cm³/mol. The van der Waals surface area contributed by atoms with Crippen LogP contribution in [0.25, 0.3) is 17.1 Å². The number of benzene rings is 3. The van der Waals surface area contributed by atoms with Crippen LogP contribution in [0.3, 0.4) is 0 Å². The average molecular weight is 1470 g/mol. The summed E-state index contributed by atoms with van der Waals surface area (Å²) in [6.45, 7) is 0.918. The average Bonchev–Trinajstić information content (AvgIpc) is 1.62. The van der Waals surface area contributed by atoms with Gasteiger partial charge in [-0.15, -0.1) is 0 Å². The van der Waals surface area contributed by atoms with Gasteiger partial charge in [-0.05, 0) is 146 Å². The van der Waals surface area contributed by atoms with Gasteiger partial charge in [-0.1, -0.05) is 0 Å². The monoisotopic (exact) mass is 1470 g/mol. The smallest absolute Gasteiger partial charge is 0.434 e. The molecule has 100 heavy (non-hydrogen) atoms. The largest absolute Gasteiger partial charge is 0.478 e. The van der Waals surface area contributed by atoms with Gasteiger partial charge in [0.15, 0.2) is 28.6 Å². The van der Waals surface area contributed by atoms with E-state index in [1.54, 1.807) is 66.8 Å². The molecule has 0 unspecified atom stereocenters. The van der Waals surface area contributed by atoms with E-state index in [2.05, 4.69) is 15.3 Å². The van der Waals surface area contributed by atoms with Crippen molar-refractivity contribution >= 4 is 82.5 Å². The number of aromatic nitrogens is 6. The molecule has 530 valence electrons. The molecule has 7 heterocycles. The Kier molecular flexibility index (Phi) is 29.2. The van der Waals surface area contributed by atoms with Gasteiger partial charge in [0, 0.05) is 30.9 Å². The molecule has 0 aliphatic rings. The summed E-state index contributed by atoms with van der Waals surface area (Å²) < 4.78 is 150. The Morgan fingerprint density at radius 3 is 1.03 bits per heavy atom. The summed E-state index contributed by atoms with van der Waals surface area (Å²) >= 11 is 6.40. The number of furan rings is 4. The van der Waals surface area contributed by atoms with Crippen LogP contribution >= 0.6 is 47.0 Å². The molecule has 0 radical (unpaired) electrons. The summed E-state index contributed by atoms with van der Waals surface area (Å²) in [7, 11) is 0. The zero-order chi connectivity index (χ0) is 72.4. The Morgan fingerprint density at radius 1 is 0.420 bits per heavy atom. The highest BCUT2D eigenvalue weighted by Gasteiger charge is 2.43. The van der Waals surface area contributed by atoms with Gasteiger partial charge < -0.3 is 43.5 Å². The minimum Gasteiger partial charge on any atom is -0.478 e. The number of nitrogens with two attached hydrogens (primary N) is 1. The Bertz CT molecular complexity index is 4200. The van der Waals surface area contributed by atoms with Crippen molar-refractivity contribution in [2.75, 3.05) is 36.2 Å². The van der Waals surface area contributed by atoms with Crippen molar-refractivity contribution in [3.63, 3.8) is 0 Å². The predicted octanol–water partition coefficient (Wildman–Crippen LogP) is 15.9. The third-order valence-electron chi connectivity index (χ3n) is 13.4. The van der Waals surface area contributed by atoms with Gasteiger partial charge in [0.05, 0.1) is 112 Å². The van der Waals surface area contributed by atoms with Crippen LogP contribution in [-0.2, 0) is 46.3 Å². The lowest BCUT2D eigenvalue weighted by Crippen LogP contribution is -2.17. The number of rotatable bonds is 30. The number of nitrogens with zero attached hydrogens (tertiary/aromatic N) is 6. The maximum Gasteiger partial charge on any atom is 0.434 e. The zero-order valence-corrected chi connectivity index (χ0v) is 55.4. The van der Waals surface area contributed by atoms with Crippen molar-refractivity contribution in [1.82, 2.24) is 29.3 Å². The summed E-state index contributed by atoms with van der Waals surface area (Å²) in [5.41, 5.74) is -0.381. The highest BCUT2D eigenvalue weighted by molar-refractivity contribution is 7.99. The third kappa shape index (κ3) is 23.2. The molecule has 0 amide bonds. The standard InChI is InChI=1S/C27H25F3N2O5S2.C20H17F3N2O4S.C12H7F3N2O4.C7H11NOS/c28-27(29,30)25-23(24(33)6-3-14-38-17-21-4-1-11-35-21)16-31-32(25)20-9-7-19(8-10-20)26(34)37-13-15-39-18-22-5-2-12-36-22;21-20(22,23)18-16(17(26)4-2-10-30-12-15-3-1-9-29-15)11-24-25(18)14-7-5-13(6-8-14)19(27)28;13-12(14,15)9-8(11(20)21)5-16-17(9)7-3-1-6(2-4-7)10(18)19;8-3-5-10-6-7-2-1-4-9-7/h1-2,4-5,7-12,16H,3,6,13-15,17-18H2;1,3,5-9,11H,2,4,10,12H2,(H,27,28);1-5H,(H,18,19)(H,20,21);1-2,4H,3,5-6,8H2. The van der Waals surface area contributed by atoms with Crippen LogP contribution < -0.4 is 5.73 Å². The van der Waals surface area contributed by atoms with Crippen molar-refractivity contribution in [2.24, 2.45) is 5.73 Å². The van der Waals surface area contributed by atoms with Crippen LogP contribution in [0.1, 0.15) is 128 Å². The molecule has 21 nitrogen and oxygen atoms in total. The number of hydrogen-bond acceptors (Lipinski definition) is 19. The number of alkyl halides is 9. The Morgan fingerprint density at radius 2 is 0.730 bits per heavy atom. The summed E-state index contributed by atoms with van der Waals surface area (Å²) in [5, 5.41) is 37.4. The van der Waals surface area contributed by atoms with Crippen LogP contribution in [0.2, 0.25) is 0 Å². The van der Waals surface area contributed by atoms with E-state index in [0.29, 0.717) is 67.6 Å². The Labute approximate surface area is 579 Å². The lowest BCUT2D eigenvalue weighted by atomic mass is 10.1. The van der Waals surface area contributed by atoms with Gasteiger partial charge in [-0.3, -0.25) is 9.59 Å². The molecule has 0 aliphatic carbocycles. The fourth-order valence-electron chi connectivity index (χ4n) is 8.81. The number of Topliss-reactive ketones (excluding diaryl/α,β-unsaturated/α-hetero) is 2. The van der Waals surface area contributed by atoms with Crippen molar-refractivity contribution < 1.29 is 106 Å². The summed E-state index contributed by atoms with van der Waals surface area (Å²) in [4.78, 5) is 69.8. The summed E-state index contributed by atoms with van der Waals surface area (Å²) in [5.74, 6) is 3.00. The Balaban J connectivity index is 0.000000203. The molecular weight excluding hydrogens is 1410 g/mol. The second-order valence-electron chi connectivity index (χ2n) is 20.5. The van der Waals surface area contributed by atoms with Crippen molar-refractivity contribution in [3.8, 4) is 17.1 Å². The number of ketones is 2. The number of hydrogen-bond donors (Lipinski definition) is 4. The van der Waals surface area contributed by atoms with E-state index in [-0.39, 0.29) is 53.2 Å². The number of esters is 1. The number of aromatic carboxylic acids is 3. The molecule has 0 atom stereocenters. The van der Waals surface area contributed by atoms with E-state index < -0.39 is 87.7 Å². The number of halogens is 9. The number of thioether (sulfide) groups is 4. The first-order valence-electron chi connectivity index (χ1n) is 29.6. The molecule has 3 aromatic carbocycles. The quantitative estimate of drug-likeness (QED) is 0.0141. The molecule has 0 saturated heterocycles. The van der Waals surface area contributed by atoms with Gasteiger partial charge in [-0.2, -0.15) is 102 Å². The van der Waals surface area contributed by atoms with E-state index in [1.165, 1.54) is 72.1 Å². The van der Waals surface area contributed by atoms with Crippen LogP contribution in [0.15, 0.2) is 183 Å². The third-order valence-corrected chi connectivity index (χ3v) is 17.5. The molecule has 0 aliphatic heterocycles. The normalized spacial score (nSPS) is 11.4. The lowest BCUT2D eigenvalue weighted by Gasteiger charge is -2.13. The van der Waals surface area contributed by atoms with E-state index in [1.807, 2.05) is 30.3 Å². The molecule has 0 spiro atoms. The second-order valence-corrected chi connectivity index (χ2v) is 24.9. The fraction of sp³-hybridized carbons (Fsp3) is 0.258. The second kappa shape index (κ2) is 37.5.